The normalized spacial score (nSPS) is 18.9. The van der Waals surface area contributed by atoms with E-state index in [9.17, 15) is 13.2 Å². The van der Waals surface area contributed by atoms with Gasteiger partial charge in [0.15, 0.2) is 17.5 Å². The van der Waals surface area contributed by atoms with Crippen molar-refractivity contribution in [2.75, 3.05) is 0 Å². The molecule has 5 rings (SSSR count). The molecule has 0 spiro atoms. The fraction of sp³-hybridized carbons (Fsp3) is 0.250. The van der Waals surface area contributed by atoms with E-state index in [1.54, 1.807) is 6.92 Å². The molecule has 0 saturated carbocycles. The van der Waals surface area contributed by atoms with Gasteiger partial charge in [-0.1, -0.05) is 5.16 Å². The standard InChI is InChI=1S/C20H16F3N5O/c1-9-25-20(29-27-9)10-2-3-28-18-8-16(24)12(6-17(18)26-19(28)4-10)11-5-14(22)15(23)7-13(11)21/h2-5,7,12,16H,6,8,24H2,1H3/t12-,16+/m1/s1. The van der Waals surface area contributed by atoms with E-state index in [1.807, 2.05) is 22.7 Å². The molecule has 0 fully saturated rings. The van der Waals surface area contributed by atoms with Gasteiger partial charge in [0.05, 0.1) is 5.69 Å². The molecule has 0 bridgehead atoms. The summed E-state index contributed by atoms with van der Waals surface area (Å²) >= 11 is 0. The lowest BCUT2D eigenvalue weighted by Crippen LogP contribution is -2.37. The van der Waals surface area contributed by atoms with Crippen molar-refractivity contribution < 1.29 is 17.7 Å². The molecule has 1 aliphatic rings. The summed E-state index contributed by atoms with van der Waals surface area (Å²) in [6, 6.07) is 4.67. The van der Waals surface area contributed by atoms with Crippen LogP contribution in [0.15, 0.2) is 35.0 Å². The second-order valence-corrected chi connectivity index (χ2v) is 7.26. The molecule has 6 nitrogen and oxygen atoms in total. The average Bonchev–Trinajstić information content (AvgIpc) is 3.27. The van der Waals surface area contributed by atoms with Crippen molar-refractivity contribution in [2.45, 2.75) is 31.7 Å². The highest BCUT2D eigenvalue weighted by molar-refractivity contribution is 5.61. The van der Waals surface area contributed by atoms with Gasteiger partial charge in [-0.15, -0.1) is 0 Å². The summed E-state index contributed by atoms with van der Waals surface area (Å²) in [7, 11) is 0. The molecule has 4 aromatic rings. The summed E-state index contributed by atoms with van der Waals surface area (Å²) < 4.78 is 48.4. The largest absolute Gasteiger partial charge is 0.334 e. The van der Waals surface area contributed by atoms with Crippen LogP contribution in [0.3, 0.4) is 0 Å². The Hall–Kier alpha value is -3.20. The lowest BCUT2D eigenvalue weighted by Gasteiger charge is -2.29. The Kier molecular flexibility index (Phi) is 3.95. The average molecular weight is 399 g/mol. The lowest BCUT2D eigenvalue weighted by atomic mass is 9.80. The van der Waals surface area contributed by atoms with E-state index in [-0.39, 0.29) is 5.56 Å². The van der Waals surface area contributed by atoms with Gasteiger partial charge in [0, 0.05) is 41.9 Å². The Morgan fingerprint density at radius 1 is 1.07 bits per heavy atom. The SMILES string of the molecule is Cc1noc(-c2ccn3c4c(nc3c2)C[C@H](c2cc(F)c(F)cc2F)[C@@H](N)C4)n1. The van der Waals surface area contributed by atoms with Gasteiger partial charge in [-0.25, -0.2) is 18.2 Å². The number of fused-ring (bicyclic) bond motifs is 3. The third-order valence-electron chi connectivity index (χ3n) is 5.38. The molecule has 1 aromatic carbocycles. The van der Waals surface area contributed by atoms with Gasteiger partial charge in [-0.2, -0.15) is 4.98 Å². The van der Waals surface area contributed by atoms with Crippen LogP contribution in [0.4, 0.5) is 13.2 Å². The molecule has 3 heterocycles. The van der Waals surface area contributed by atoms with E-state index in [0.29, 0.717) is 36.3 Å². The van der Waals surface area contributed by atoms with Crippen LogP contribution >= 0.6 is 0 Å². The third kappa shape index (κ3) is 2.89. The molecular weight excluding hydrogens is 383 g/mol. The Labute approximate surface area is 163 Å². The molecule has 0 amide bonds. The molecule has 148 valence electrons. The smallest absolute Gasteiger partial charge is 0.258 e. The van der Waals surface area contributed by atoms with E-state index < -0.39 is 29.4 Å². The summed E-state index contributed by atoms with van der Waals surface area (Å²) in [5.74, 6) is -2.68. The van der Waals surface area contributed by atoms with E-state index in [4.69, 9.17) is 10.3 Å². The Morgan fingerprint density at radius 2 is 1.86 bits per heavy atom. The van der Waals surface area contributed by atoms with Crippen LogP contribution in [0.25, 0.3) is 17.1 Å². The maximum Gasteiger partial charge on any atom is 0.258 e. The summed E-state index contributed by atoms with van der Waals surface area (Å²) in [6.07, 6.45) is 2.61. The van der Waals surface area contributed by atoms with E-state index in [0.717, 1.165) is 23.0 Å². The van der Waals surface area contributed by atoms with Gasteiger partial charge in [0.1, 0.15) is 11.5 Å². The highest BCUT2D eigenvalue weighted by Gasteiger charge is 2.33. The maximum absolute atomic E-state index is 14.3. The Balaban J connectivity index is 1.55. The zero-order valence-electron chi connectivity index (χ0n) is 15.4. The predicted molar refractivity (Wildman–Crippen MR) is 97.7 cm³/mol. The molecule has 9 heteroatoms. The van der Waals surface area contributed by atoms with Crippen molar-refractivity contribution in [1.82, 2.24) is 19.5 Å². The number of benzene rings is 1. The summed E-state index contributed by atoms with van der Waals surface area (Å²) in [5, 5.41) is 3.79. The first-order chi connectivity index (χ1) is 13.9. The van der Waals surface area contributed by atoms with Crippen molar-refractivity contribution in [3.05, 3.63) is 70.7 Å². The first-order valence-electron chi connectivity index (χ1n) is 9.11. The number of imidazole rings is 1. The van der Waals surface area contributed by atoms with Gasteiger partial charge < -0.3 is 14.7 Å². The van der Waals surface area contributed by atoms with Crippen LogP contribution in [0.2, 0.25) is 0 Å². The van der Waals surface area contributed by atoms with E-state index in [1.165, 1.54) is 0 Å². The molecule has 0 aliphatic heterocycles. The van der Waals surface area contributed by atoms with Crippen molar-refractivity contribution in [3.63, 3.8) is 0 Å². The molecule has 0 saturated heterocycles. The van der Waals surface area contributed by atoms with E-state index in [2.05, 4.69) is 15.1 Å². The van der Waals surface area contributed by atoms with Crippen molar-refractivity contribution in [2.24, 2.45) is 5.73 Å². The maximum atomic E-state index is 14.3. The highest BCUT2D eigenvalue weighted by Crippen LogP contribution is 2.35. The molecule has 0 radical (unpaired) electrons. The molecule has 0 unspecified atom stereocenters. The first-order valence-corrected chi connectivity index (χ1v) is 9.11. The number of hydrogen-bond acceptors (Lipinski definition) is 5. The Morgan fingerprint density at radius 3 is 2.62 bits per heavy atom. The summed E-state index contributed by atoms with van der Waals surface area (Å²) in [5.41, 5.74) is 9.43. The zero-order valence-corrected chi connectivity index (χ0v) is 15.4. The topological polar surface area (TPSA) is 82.2 Å². The quantitative estimate of drug-likeness (QED) is 0.523. The van der Waals surface area contributed by atoms with Crippen molar-refractivity contribution in [3.8, 4) is 11.5 Å². The summed E-state index contributed by atoms with van der Waals surface area (Å²) in [4.78, 5) is 8.87. The number of nitrogens with zero attached hydrogens (tertiary/aromatic N) is 4. The molecule has 3 aromatic heterocycles. The lowest BCUT2D eigenvalue weighted by molar-refractivity contribution is 0.425. The van der Waals surface area contributed by atoms with Gasteiger partial charge in [-0.05, 0) is 37.1 Å². The molecular formula is C20H16F3N5O. The zero-order chi connectivity index (χ0) is 20.3. The number of aryl methyl sites for hydroxylation is 1. The van der Waals surface area contributed by atoms with Crippen molar-refractivity contribution >= 4 is 5.65 Å². The van der Waals surface area contributed by atoms with Gasteiger partial charge in [0.2, 0.25) is 0 Å². The minimum absolute atomic E-state index is 0.0705. The second kappa shape index (κ2) is 6.41. The van der Waals surface area contributed by atoms with Crippen LogP contribution in [0, 0.1) is 24.4 Å². The summed E-state index contributed by atoms with van der Waals surface area (Å²) in [6.45, 7) is 1.73. The molecule has 29 heavy (non-hydrogen) atoms. The predicted octanol–water partition coefficient (Wildman–Crippen LogP) is 3.32. The van der Waals surface area contributed by atoms with Crippen LogP contribution < -0.4 is 5.73 Å². The van der Waals surface area contributed by atoms with Gasteiger partial charge >= 0.3 is 0 Å². The van der Waals surface area contributed by atoms with Crippen LogP contribution in [-0.4, -0.2) is 25.6 Å². The minimum atomic E-state index is -1.21. The number of pyridine rings is 1. The van der Waals surface area contributed by atoms with E-state index >= 15 is 0 Å². The number of nitrogens with two attached hydrogens (primary N) is 1. The number of hydrogen-bond donors (Lipinski definition) is 1. The fourth-order valence-electron chi connectivity index (χ4n) is 3.96. The fourth-order valence-corrected chi connectivity index (χ4v) is 3.96. The monoisotopic (exact) mass is 399 g/mol. The van der Waals surface area contributed by atoms with Crippen LogP contribution in [-0.2, 0) is 12.8 Å². The molecule has 1 aliphatic carbocycles. The first kappa shape index (κ1) is 17.9. The number of halogens is 3. The second-order valence-electron chi connectivity index (χ2n) is 7.26. The minimum Gasteiger partial charge on any atom is -0.334 e. The van der Waals surface area contributed by atoms with Crippen molar-refractivity contribution in [1.29, 1.82) is 0 Å². The third-order valence-corrected chi connectivity index (χ3v) is 5.38. The number of rotatable bonds is 2. The Bertz CT molecular complexity index is 1250. The number of aromatic nitrogens is 4. The van der Waals surface area contributed by atoms with Crippen LogP contribution in [0.5, 0.6) is 0 Å². The van der Waals surface area contributed by atoms with Gasteiger partial charge in [-0.3, -0.25) is 0 Å². The highest BCUT2D eigenvalue weighted by atomic mass is 19.2. The molecule has 2 N–H and O–H groups in total. The van der Waals surface area contributed by atoms with Crippen LogP contribution in [0.1, 0.15) is 28.7 Å². The molecule has 2 atom stereocenters. The van der Waals surface area contributed by atoms with Gasteiger partial charge in [0.25, 0.3) is 5.89 Å².